The molecule has 114 valence electrons. The molecule has 0 saturated heterocycles. The van der Waals surface area contributed by atoms with Gasteiger partial charge in [0.05, 0.1) is 6.61 Å². The van der Waals surface area contributed by atoms with E-state index in [0.29, 0.717) is 6.04 Å². The molecule has 0 spiro atoms. The zero-order valence-electron chi connectivity index (χ0n) is 13.4. The quantitative estimate of drug-likeness (QED) is 0.718. The molecule has 0 aliphatic heterocycles. The third kappa shape index (κ3) is 5.14. The molecule has 0 heterocycles. The molecule has 2 rings (SSSR count). The van der Waals surface area contributed by atoms with E-state index in [-0.39, 0.29) is 0 Å². The standard InChI is InChI=1S/C19H27NO/c1-15(2)10-12-21-13-11-20-16(3)18-9-8-17-6-4-5-7-19(17)14-18/h4-9,14-16,20H,10-13H2,1-3H3. The smallest absolute Gasteiger partial charge is 0.0591 e. The Balaban J connectivity index is 1.78. The van der Waals surface area contributed by atoms with Crippen LogP contribution in [0.3, 0.4) is 0 Å². The first-order valence-corrected chi connectivity index (χ1v) is 7.96. The van der Waals surface area contributed by atoms with E-state index in [9.17, 15) is 0 Å². The van der Waals surface area contributed by atoms with Crippen LogP contribution in [0.15, 0.2) is 42.5 Å². The summed E-state index contributed by atoms with van der Waals surface area (Å²) in [5.41, 5.74) is 1.33. The molecule has 0 fully saturated rings. The highest BCUT2D eigenvalue weighted by atomic mass is 16.5. The van der Waals surface area contributed by atoms with Gasteiger partial charge in [0.1, 0.15) is 0 Å². The maximum atomic E-state index is 5.64. The molecule has 0 aromatic heterocycles. The van der Waals surface area contributed by atoms with Gasteiger partial charge < -0.3 is 10.1 Å². The lowest BCUT2D eigenvalue weighted by atomic mass is 10.0. The molecule has 0 bridgehead atoms. The zero-order chi connectivity index (χ0) is 15.1. The van der Waals surface area contributed by atoms with Crippen molar-refractivity contribution in [2.45, 2.75) is 33.2 Å². The average Bonchev–Trinajstić information content (AvgIpc) is 2.49. The van der Waals surface area contributed by atoms with Crippen molar-refractivity contribution < 1.29 is 4.74 Å². The predicted molar refractivity (Wildman–Crippen MR) is 90.6 cm³/mol. The first-order chi connectivity index (χ1) is 10.2. The lowest BCUT2D eigenvalue weighted by molar-refractivity contribution is 0.123. The summed E-state index contributed by atoms with van der Waals surface area (Å²) < 4.78 is 5.64. The molecule has 2 heteroatoms. The van der Waals surface area contributed by atoms with Crippen LogP contribution in [-0.4, -0.2) is 19.8 Å². The lowest BCUT2D eigenvalue weighted by Crippen LogP contribution is -2.23. The van der Waals surface area contributed by atoms with Gasteiger partial charge in [0.15, 0.2) is 0 Å². The summed E-state index contributed by atoms with van der Waals surface area (Å²) in [5, 5.41) is 6.13. The Kier molecular flexibility index (Phi) is 6.21. The number of hydrogen-bond donors (Lipinski definition) is 1. The van der Waals surface area contributed by atoms with Gasteiger partial charge in [-0.2, -0.15) is 0 Å². The third-order valence-electron chi connectivity index (χ3n) is 3.81. The van der Waals surface area contributed by atoms with Gasteiger partial charge in [-0.3, -0.25) is 0 Å². The SMILES string of the molecule is CC(C)CCOCCNC(C)c1ccc2ccccc2c1. The summed E-state index contributed by atoms with van der Waals surface area (Å²) in [4.78, 5) is 0. The van der Waals surface area contributed by atoms with Crippen LogP contribution in [0.25, 0.3) is 10.8 Å². The Labute approximate surface area is 128 Å². The molecule has 0 saturated carbocycles. The van der Waals surface area contributed by atoms with Crippen molar-refractivity contribution in [3.05, 3.63) is 48.0 Å². The minimum absolute atomic E-state index is 0.350. The van der Waals surface area contributed by atoms with Crippen molar-refractivity contribution >= 4 is 10.8 Å². The molecule has 0 amide bonds. The van der Waals surface area contributed by atoms with Crippen molar-refractivity contribution in [2.75, 3.05) is 19.8 Å². The van der Waals surface area contributed by atoms with Gasteiger partial charge in [-0.1, -0.05) is 50.2 Å². The van der Waals surface area contributed by atoms with E-state index in [4.69, 9.17) is 4.74 Å². The van der Waals surface area contributed by atoms with Crippen molar-refractivity contribution in [1.82, 2.24) is 5.32 Å². The third-order valence-corrected chi connectivity index (χ3v) is 3.81. The molecular formula is C19H27NO. The minimum atomic E-state index is 0.350. The van der Waals surface area contributed by atoms with E-state index in [1.807, 2.05) is 0 Å². The molecule has 1 N–H and O–H groups in total. The summed E-state index contributed by atoms with van der Waals surface area (Å²) in [6.07, 6.45) is 1.14. The second kappa shape index (κ2) is 8.16. The van der Waals surface area contributed by atoms with Crippen LogP contribution in [0.1, 0.15) is 38.8 Å². The Morgan fingerprint density at radius 2 is 1.71 bits per heavy atom. The van der Waals surface area contributed by atoms with Gasteiger partial charge in [0, 0.05) is 19.2 Å². The number of nitrogens with one attached hydrogen (secondary N) is 1. The van der Waals surface area contributed by atoms with E-state index in [1.54, 1.807) is 0 Å². The molecule has 2 aromatic carbocycles. The van der Waals surface area contributed by atoms with Crippen molar-refractivity contribution in [2.24, 2.45) is 5.92 Å². The number of benzene rings is 2. The summed E-state index contributed by atoms with van der Waals surface area (Å²) in [7, 11) is 0. The average molecular weight is 285 g/mol. The molecule has 2 nitrogen and oxygen atoms in total. The largest absolute Gasteiger partial charge is 0.380 e. The Morgan fingerprint density at radius 3 is 2.48 bits per heavy atom. The number of hydrogen-bond acceptors (Lipinski definition) is 2. The van der Waals surface area contributed by atoms with Gasteiger partial charge in [0.2, 0.25) is 0 Å². The van der Waals surface area contributed by atoms with Crippen LogP contribution in [0, 0.1) is 5.92 Å². The van der Waals surface area contributed by atoms with E-state index in [2.05, 4.69) is 68.6 Å². The second-order valence-corrected chi connectivity index (χ2v) is 6.08. The van der Waals surface area contributed by atoms with Crippen LogP contribution in [-0.2, 0) is 4.74 Å². The summed E-state index contributed by atoms with van der Waals surface area (Å²) in [6.45, 7) is 9.20. The van der Waals surface area contributed by atoms with Crippen LogP contribution in [0.2, 0.25) is 0 Å². The van der Waals surface area contributed by atoms with E-state index in [0.717, 1.165) is 32.1 Å². The first kappa shape index (κ1) is 16.0. The molecule has 0 radical (unpaired) electrons. The molecule has 2 aromatic rings. The number of rotatable bonds is 8. The van der Waals surface area contributed by atoms with Crippen molar-refractivity contribution in [3.63, 3.8) is 0 Å². The number of ether oxygens (including phenoxy) is 1. The molecule has 0 aliphatic carbocycles. The van der Waals surface area contributed by atoms with Crippen LogP contribution in [0.4, 0.5) is 0 Å². The number of fused-ring (bicyclic) bond motifs is 1. The van der Waals surface area contributed by atoms with Gasteiger partial charge in [-0.05, 0) is 41.7 Å². The maximum absolute atomic E-state index is 5.64. The normalized spacial score (nSPS) is 13.0. The predicted octanol–water partition coefficient (Wildman–Crippen LogP) is 4.55. The fraction of sp³-hybridized carbons (Fsp3) is 0.474. The van der Waals surface area contributed by atoms with Crippen molar-refractivity contribution in [1.29, 1.82) is 0 Å². The van der Waals surface area contributed by atoms with Gasteiger partial charge in [-0.15, -0.1) is 0 Å². The first-order valence-electron chi connectivity index (χ1n) is 7.96. The second-order valence-electron chi connectivity index (χ2n) is 6.08. The maximum Gasteiger partial charge on any atom is 0.0591 e. The highest BCUT2D eigenvalue weighted by molar-refractivity contribution is 5.83. The summed E-state index contributed by atoms with van der Waals surface area (Å²) in [5.74, 6) is 0.717. The Morgan fingerprint density at radius 1 is 0.952 bits per heavy atom. The van der Waals surface area contributed by atoms with E-state index in [1.165, 1.54) is 16.3 Å². The molecule has 1 unspecified atom stereocenters. The minimum Gasteiger partial charge on any atom is -0.380 e. The van der Waals surface area contributed by atoms with Crippen LogP contribution in [0.5, 0.6) is 0 Å². The fourth-order valence-electron chi connectivity index (χ4n) is 2.36. The van der Waals surface area contributed by atoms with E-state index < -0.39 is 0 Å². The molecule has 0 aliphatic rings. The van der Waals surface area contributed by atoms with E-state index >= 15 is 0 Å². The highest BCUT2D eigenvalue weighted by Crippen LogP contribution is 2.20. The van der Waals surface area contributed by atoms with Crippen molar-refractivity contribution in [3.8, 4) is 0 Å². The topological polar surface area (TPSA) is 21.3 Å². The molecule has 21 heavy (non-hydrogen) atoms. The molecule has 1 atom stereocenters. The zero-order valence-corrected chi connectivity index (χ0v) is 13.4. The molecular weight excluding hydrogens is 258 g/mol. The monoisotopic (exact) mass is 285 g/mol. The summed E-state index contributed by atoms with van der Waals surface area (Å²) in [6, 6.07) is 15.5. The Bertz CT molecular complexity index is 550. The van der Waals surface area contributed by atoms with Gasteiger partial charge in [0.25, 0.3) is 0 Å². The van der Waals surface area contributed by atoms with Crippen LogP contribution >= 0.6 is 0 Å². The highest BCUT2D eigenvalue weighted by Gasteiger charge is 2.05. The van der Waals surface area contributed by atoms with Crippen LogP contribution < -0.4 is 5.32 Å². The Hall–Kier alpha value is -1.38. The lowest BCUT2D eigenvalue weighted by Gasteiger charge is -2.15. The summed E-state index contributed by atoms with van der Waals surface area (Å²) >= 11 is 0. The van der Waals surface area contributed by atoms with Gasteiger partial charge in [-0.25, -0.2) is 0 Å². The fourth-order valence-corrected chi connectivity index (χ4v) is 2.36. The van der Waals surface area contributed by atoms with Gasteiger partial charge >= 0.3 is 0 Å².